The van der Waals surface area contributed by atoms with Crippen molar-refractivity contribution in [3.05, 3.63) is 23.0 Å². The Balaban J connectivity index is 2.12. The van der Waals surface area contributed by atoms with E-state index in [2.05, 4.69) is 4.74 Å². The van der Waals surface area contributed by atoms with E-state index in [4.69, 9.17) is 4.74 Å². The predicted molar refractivity (Wildman–Crippen MR) is 87.8 cm³/mol. The number of hydrogen-bond donors (Lipinski definition) is 0. The van der Waals surface area contributed by atoms with Gasteiger partial charge in [-0.25, -0.2) is 9.69 Å². The minimum absolute atomic E-state index is 0.00577. The summed E-state index contributed by atoms with van der Waals surface area (Å²) in [6.07, 6.45) is 1.18. The summed E-state index contributed by atoms with van der Waals surface area (Å²) in [6, 6.07) is 0. The van der Waals surface area contributed by atoms with Crippen LogP contribution in [0.4, 0.5) is 4.39 Å². The molecular weight excluding hydrogens is 345 g/mol. The largest absolute Gasteiger partial charge is 0.461 e. The maximum Gasteiger partial charge on any atom is 0.366 e. The number of hydrogen-bond acceptors (Lipinski definition) is 6. The monoisotopic (exact) mass is 367 g/mol. The summed E-state index contributed by atoms with van der Waals surface area (Å²) in [7, 11) is 0. The molecule has 0 aromatic heterocycles. The molecule has 0 saturated heterocycles. The lowest BCUT2D eigenvalue weighted by Crippen LogP contribution is -2.36. The fraction of sp³-hybridized carbons (Fsp3) is 0.556. The van der Waals surface area contributed by atoms with Crippen LogP contribution in [0, 0.1) is 10.8 Å². The number of carbonyl (C=O) groups is 4. The molecule has 8 heteroatoms. The summed E-state index contributed by atoms with van der Waals surface area (Å²) in [5.41, 5.74) is -1.38. The summed E-state index contributed by atoms with van der Waals surface area (Å²) >= 11 is 0. The van der Waals surface area contributed by atoms with Crippen LogP contribution in [0.25, 0.3) is 0 Å². The highest BCUT2D eigenvalue weighted by molar-refractivity contribution is 6.18. The minimum atomic E-state index is -1.34. The Morgan fingerprint density at radius 2 is 1.65 bits per heavy atom. The summed E-state index contributed by atoms with van der Waals surface area (Å²) in [4.78, 5) is 48.8. The molecule has 1 aliphatic carbocycles. The smallest absolute Gasteiger partial charge is 0.366 e. The van der Waals surface area contributed by atoms with E-state index < -0.39 is 47.1 Å². The Labute approximate surface area is 150 Å². The van der Waals surface area contributed by atoms with Crippen molar-refractivity contribution in [1.82, 2.24) is 4.90 Å². The molecule has 2 amide bonds. The van der Waals surface area contributed by atoms with Crippen LogP contribution in [0.1, 0.15) is 41.0 Å². The molecule has 0 N–H and O–H groups in total. The second-order valence-corrected chi connectivity index (χ2v) is 7.09. The van der Waals surface area contributed by atoms with Gasteiger partial charge in [-0.3, -0.25) is 14.4 Å². The Morgan fingerprint density at radius 1 is 1.15 bits per heavy atom. The van der Waals surface area contributed by atoms with Crippen LogP contribution in [0.2, 0.25) is 0 Å². The van der Waals surface area contributed by atoms with Gasteiger partial charge in [-0.05, 0) is 38.7 Å². The highest BCUT2D eigenvalue weighted by Crippen LogP contribution is 2.65. The Hall–Kier alpha value is -2.51. The number of amides is 2. The fourth-order valence-electron chi connectivity index (χ4n) is 2.97. The fourth-order valence-corrected chi connectivity index (χ4v) is 2.97. The SMILES string of the molecule is CCOC(=O)C(F)=C[C@]1(C(=O)OCN2C(=O)C(C)=C(C)C2=O)CC1(C)C. The zero-order chi connectivity index (χ0) is 19.9. The molecule has 1 fully saturated rings. The van der Waals surface area contributed by atoms with Crippen molar-refractivity contribution in [1.29, 1.82) is 0 Å². The highest BCUT2D eigenvalue weighted by Gasteiger charge is 2.66. The molecule has 26 heavy (non-hydrogen) atoms. The van der Waals surface area contributed by atoms with E-state index >= 15 is 0 Å². The molecule has 0 bridgehead atoms. The van der Waals surface area contributed by atoms with Crippen LogP contribution >= 0.6 is 0 Å². The van der Waals surface area contributed by atoms with Gasteiger partial charge in [0.1, 0.15) is 0 Å². The van der Waals surface area contributed by atoms with Crippen LogP contribution in [0.3, 0.4) is 0 Å². The average Bonchev–Trinajstić information content (AvgIpc) is 3.08. The van der Waals surface area contributed by atoms with Crippen LogP contribution in [-0.4, -0.2) is 42.0 Å². The Bertz CT molecular complexity index is 727. The van der Waals surface area contributed by atoms with Crippen molar-refractivity contribution in [2.75, 3.05) is 13.3 Å². The first-order chi connectivity index (χ1) is 12.0. The van der Waals surface area contributed by atoms with Crippen molar-refractivity contribution >= 4 is 23.8 Å². The van der Waals surface area contributed by atoms with Gasteiger partial charge in [0.25, 0.3) is 11.8 Å². The number of carbonyl (C=O) groups excluding carboxylic acids is 4. The van der Waals surface area contributed by atoms with E-state index in [9.17, 15) is 23.6 Å². The van der Waals surface area contributed by atoms with E-state index in [1.54, 1.807) is 20.8 Å². The zero-order valence-electron chi connectivity index (χ0n) is 15.5. The third-order valence-corrected chi connectivity index (χ3v) is 5.03. The number of esters is 2. The van der Waals surface area contributed by atoms with Gasteiger partial charge in [0.2, 0.25) is 5.83 Å². The van der Waals surface area contributed by atoms with Gasteiger partial charge in [-0.15, -0.1) is 0 Å². The van der Waals surface area contributed by atoms with Gasteiger partial charge in [0, 0.05) is 11.1 Å². The van der Waals surface area contributed by atoms with E-state index in [1.807, 2.05) is 0 Å². The lowest BCUT2D eigenvalue weighted by molar-refractivity contribution is -0.159. The third kappa shape index (κ3) is 3.15. The Morgan fingerprint density at radius 3 is 2.08 bits per heavy atom. The van der Waals surface area contributed by atoms with Crippen molar-refractivity contribution in [2.24, 2.45) is 10.8 Å². The first-order valence-electron chi connectivity index (χ1n) is 8.25. The van der Waals surface area contributed by atoms with Crippen molar-refractivity contribution in [2.45, 2.75) is 41.0 Å². The third-order valence-electron chi connectivity index (χ3n) is 5.03. The molecule has 0 radical (unpaired) electrons. The number of rotatable bonds is 6. The van der Waals surface area contributed by atoms with E-state index in [-0.39, 0.29) is 13.0 Å². The molecule has 142 valence electrons. The minimum Gasteiger partial charge on any atom is -0.461 e. The number of nitrogens with zero attached hydrogens (tertiary/aromatic N) is 1. The van der Waals surface area contributed by atoms with Gasteiger partial charge in [0.15, 0.2) is 6.73 Å². The second kappa shape index (κ2) is 6.66. The molecule has 1 saturated carbocycles. The van der Waals surface area contributed by atoms with Crippen molar-refractivity contribution in [3.63, 3.8) is 0 Å². The van der Waals surface area contributed by atoms with Crippen LogP contribution < -0.4 is 0 Å². The zero-order valence-corrected chi connectivity index (χ0v) is 15.5. The maximum absolute atomic E-state index is 14.0. The van der Waals surface area contributed by atoms with Crippen LogP contribution in [0.5, 0.6) is 0 Å². The van der Waals surface area contributed by atoms with Gasteiger partial charge >= 0.3 is 11.9 Å². The normalized spacial score (nSPS) is 24.8. The lowest BCUT2D eigenvalue weighted by atomic mass is 9.95. The summed E-state index contributed by atoms with van der Waals surface area (Å²) < 4.78 is 23.7. The van der Waals surface area contributed by atoms with Gasteiger partial charge < -0.3 is 9.47 Å². The summed E-state index contributed by atoms with van der Waals surface area (Å²) in [5.74, 6) is -4.18. The lowest BCUT2D eigenvalue weighted by Gasteiger charge is -2.19. The topological polar surface area (TPSA) is 90.0 Å². The molecule has 2 rings (SSSR count). The summed E-state index contributed by atoms with van der Waals surface area (Å²) in [6.45, 7) is 7.47. The van der Waals surface area contributed by atoms with E-state index in [0.717, 1.165) is 11.0 Å². The molecular formula is C18H22FNO6. The highest BCUT2D eigenvalue weighted by atomic mass is 19.1. The molecule has 7 nitrogen and oxygen atoms in total. The molecule has 0 unspecified atom stereocenters. The van der Waals surface area contributed by atoms with Crippen molar-refractivity contribution < 1.29 is 33.0 Å². The Kier molecular flexibility index (Phi) is 5.07. The second-order valence-electron chi connectivity index (χ2n) is 7.09. The van der Waals surface area contributed by atoms with Gasteiger partial charge in [-0.2, -0.15) is 4.39 Å². The molecule has 1 heterocycles. The first-order valence-corrected chi connectivity index (χ1v) is 8.25. The molecule has 1 aliphatic heterocycles. The van der Waals surface area contributed by atoms with Gasteiger partial charge in [-0.1, -0.05) is 13.8 Å². The number of imide groups is 1. The molecule has 0 spiro atoms. The molecule has 0 aromatic rings. The van der Waals surface area contributed by atoms with E-state index in [1.165, 1.54) is 13.8 Å². The number of halogens is 1. The van der Waals surface area contributed by atoms with E-state index in [0.29, 0.717) is 11.1 Å². The predicted octanol–water partition coefficient (Wildman–Crippen LogP) is 2.03. The molecule has 1 atom stereocenters. The average molecular weight is 367 g/mol. The van der Waals surface area contributed by atoms with Crippen LogP contribution in [0.15, 0.2) is 23.0 Å². The molecule has 2 aliphatic rings. The standard InChI is InChI=1S/C18H22FNO6/c1-6-25-15(23)12(19)7-18(8-17(18,4)5)16(24)26-9-20-13(21)10(2)11(3)14(20)22/h7H,6,8-9H2,1-5H3/t18-/m1/s1. The van der Waals surface area contributed by atoms with Crippen LogP contribution in [-0.2, 0) is 28.7 Å². The summed E-state index contributed by atoms with van der Waals surface area (Å²) in [5, 5.41) is 0. The molecule has 0 aromatic carbocycles. The van der Waals surface area contributed by atoms with Crippen molar-refractivity contribution in [3.8, 4) is 0 Å². The first kappa shape index (κ1) is 19.8. The maximum atomic E-state index is 14.0. The number of ether oxygens (including phenoxy) is 2. The van der Waals surface area contributed by atoms with Gasteiger partial charge in [0.05, 0.1) is 12.0 Å². The quantitative estimate of drug-likeness (QED) is 0.405.